The van der Waals surface area contributed by atoms with Gasteiger partial charge in [0.2, 0.25) is 0 Å². The Kier molecular flexibility index (Phi) is 8.05. The van der Waals surface area contributed by atoms with Crippen LogP contribution in [0.4, 0.5) is 14.9 Å². The maximum absolute atomic E-state index is 13.9. The predicted molar refractivity (Wildman–Crippen MR) is 114 cm³/mol. The van der Waals surface area contributed by atoms with Crippen molar-refractivity contribution in [3.8, 4) is 11.5 Å². The van der Waals surface area contributed by atoms with Crippen molar-refractivity contribution in [2.45, 2.75) is 39.8 Å². The van der Waals surface area contributed by atoms with Gasteiger partial charge < -0.3 is 19.1 Å². The highest BCUT2D eigenvalue weighted by molar-refractivity contribution is 7.87. The molecule has 0 heterocycles. The van der Waals surface area contributed by atoms with E-state index in [2.05, 4.69) is 5.32 Å². The van der Waals surface area contributed by atoms with Crippen molar-refractivity contribution >= 4 is 21.8 Å². The molecule has 0 radical (unpaired) electrons. The quantitative estimate of drug-likeness (QED) is 0.587. The third-order valence-electron chi connectivity index (χ3n) is 4.65. The minimum absolute atomic E-state index is 0.0514. The minimum Gasteiger partial charge on any atom is -0.493 e. The molecule has 30 heavy (non-hydrogen) atoms. The molecule has 164 valence electrons. The summed E-state index contributed by atoms with van der Waals surface area (Å²) in [4.78, 5) is 14.4. The van der Waals surface area contributed by atoms with Crippen molar-refractivity contribution in [3.05, 3.63) is 53.8 Å². The molecule has 1 unspecified atom stereocenters. The smallest absolute Gasteiger partial charge is 0.322 e. The summed E-state index contributed by atoms with van der Waals surface area (Å²) in [5.41, 5.74) is 0.727. The largest absolute Gasteiger partial charge is 0.493 e. The number of rotatable bonds is 9. The van der Waals surface area contributed by atoms with Crippen LogP contribution in [-0.2, 0) is 16.7 Å². The lowest BCUT2D eigenvalue weighted by Crippen LogP contribution is -2.40. The highest BCUT2D eigenvalue weighted by Crippen LogP contribution is 2.30. The van der Waals surface area contributed by atoms with Crippen LogP contribution in [0.5, 0.6) is 11.5 Å². The van der Waals surface area contributed by atoms with E-state index in [0.717, 1.165) is 0 Å². The van der Waals surface area contributed by atoms with Crippen LogP contribution >= 0.6 is 0 Å². The van der Waals surface area contributed by atoms with Crippen LogP contribution in [-0.4, -0.2) is 38.3 Å². The summed E-state index contributed by atoms with van der Waals surface area (Å²) in [6.45, 7) is 5.46. The third-order valence-corrected chi connectivity index (χ3v) is 5.79. The number of nitrogens with one attached hydrogen (secondary N) is 1. The fourth-order valence-electron chi connectivity index (χ4n) is 2.67. The summed E-state index contributed by atoms with van der Waals surface area (Å²) in [6, 6.07) is 10.1. The van der Waals surface area contributed by atoms with Gasteiger partial charge in [0.25, 0.3) is 0 Å². The first-order valence-corrected chi connectivity index (χ1v) is 11.2. The second-order valence-corrected chi connectivity index (χ2v) is 8.57. The molecular weight excluding hydrogens is 411 g/mol. The van der Waals surface area contributed by atoms with E-state index in [9.17, 15) is 17.6 Å². The molecule has 1 atom stereocenters. The number of halogens is 1. The summed E-state index contributed by atoms with van der Waals surface area (Å²) in [6.07, 6.45) is 0.675. The monoisotopic (exact) mass is 438 g/mol. The second kappa shape index (κ2) is 10.3. The molecule has 9 heteroatoms. The molecule has 0 aliphatic rings. The Labute approximate surface area is 176 Å². The molecule has 0 bridgehead atoms. The number of para-hydroxylation sites is 1. The molecule has 0 fully saturated rings. The average Bonchev–Trinajstić information content (AvgIpc) is 2.73. The number of amides is 2. The normalized spacial score (nSPS) is 12.2. The highest BCUT2D eigenvalue weighted by Gasteiger charge is 2.22. The van der Waals surface area contributed by atoms with Gasteiger partial charge in [0.1, 0.15) is 5.82 Å². The summed E-state index contributed by atoms with van der Waals surface area (Å²) in [7, 11) is -2.34. The Morgan fingerprint density at radius 1 is 1.17 bits per heavy atom. The minimum atomic E-state index is -3.75. The lowest BCUT2D eigenvalue weighted by Gasteiger charge is -2.29. The third kappa shape index (κ3) is 6.09. The lowest BCUT2D eigenvalue weighted by molar-refractivity contribution is 0.187. The molecule has 0 aromatic heterocycles. The van der Waals surface area contributed by atoms with Crippen molar-refractivity contribution in [1.29, 1.82) is 0 Å². The maximum atomic E-state index is 13.9. The van der Waals surface area contributed by atoms with Gasteiger partial charge in [0, 0.05) is 12.6 Å². The molecule has 2 amide bonds. The molecule has 2 rings (SSSR count). The van der Waals surface area contributed by atoms with E-state index in [-0.39, 0.29) is 35.5 Å². The van der Waals surface area contributed by atoms with E-state index in [1.165, 1.54) is 32.2 Å². The molecular formula is C21H27FN2O5S. The molecule has 0 spiro atoms. The van der Waals surface area contributed by atoms with E-state index in [4.69, 9.17) is 8.92 Å². The standard InChI is InChI=1S/C21H27FN2O5S/c1-5-15(3)24(21(25)23-18-10-8-7-9-17(18)22)14-16-11-12-19(28-4)20(13-16)29-30(26,27)6-2/h7-13,15H,5-6,14H2,1-4H3,(H,23,25). The van der Waals surface area contributed by atoms with Crippen LogP contribution in [0.15, 0.2) is 42.5 Å². The number of ether oxygens (including phenoxy) is 1. The maximum Gasteiger partial charge on any atom is 0.322 e. The van der Waals surface area contributed by atoms with E-state index in [1.807, 2.05) is 13.8 Å². The van der Waals surface area contributed by atoms with Crippen molar-refractivity contribution < 1.29 is 26.5 Å². The summed E-state index contributed by atoms with van der Waals surface area (Å²) in [5, 5.41) is 2.59. The summed E-state index contributed by atoms with van der Waals surface area (Å²) >= 11 is 0. The molecule has 0 saturated carbocycles. The van der Waals surface area contributed by atoms with Crippen molar-refractivity contribution in [2.24, 2.45) is 0 Å². The first-order chi connectivity index (χ1) is 14.2. The molecule has 0 aliphatic heterocycles. The van der Waals surface area contributed by atoms with E-state index in [0.29, 0.717) is 12.0 Å². The van der Waals surface area contributed by atoms with E-state index in [1.54, 1.807) is 29.2 Å². The Hall–Kier alpha value is -2.81. The Balaban J connectivity index is 2.30. The zero-order valence-electron chi connectivity index (χ0n) is 17.5. The van der Waals surface area contributed by atoms with Gasteiger partial charge in [-0.05, 0) is 50.1 Å². The van der Waals surface area contributed by atoms with Gasteiger partial charge in [-0.2, -0.15) is 8.42 Å². The van der Waals surface area contributed by atoms with Gasteiger partial charge in [-0.15, -0.1) is 0 Å². The van der Waals surface area contributed by atoms with Crippen LogP contribution in [0, 0.1) is 5.82 Å². The zero-order chi connectivity index (χ0) is 22.3. The summed E-state index contributed by atoms with van der Waals surface area (Å²) in [5.74, 6) is -0.401. The number of benzene rings is 2. The first-order valence-electron chi connectivity index (χ1n) is 9.62. The zero-order valence-corrected chi connectivity index (χ0v) is 18.3. The molecule has 2 aromatic carbocycles. The molecule has 7 nitrogen and oxygen atoms in total. The Morgan fingerprint density at radius 2 is 1.87 bits per heavy atom. The number of carbonyl (C=O) groups is 1. The van der Waals surface area contributed by atoms with Gasteiger partial charge in [-0.1, -0.05) is 25.1 Å². The fourth-order valence-corrected chi connectivity index (χ4v) is 3.20. The molecule has 0 saturated heterocycles. The van der Waals surface area contributed by atoms with E-state index < -0.39 is 22.0 Å². The van der Waals surface area contributed by atoms with Crippen LogP contribution in [0.3, 0.4) is 0 Å². The number of nitrogens with zero attached hydrogens (tertiary/aromatic N) is 1. The van der Waals surface area contributed by atoms with Gasteiger partial charge in [0.15, 0.2) is 11.5 Å². The molecule has 2 aromatic rings. The van der Waals surface area contributed by atoms with Crippen LogP contribution < -0.4 is 14.2 Å². The SMILES string of the molecule is CCC(C)N(Cc1ccc(OC)c(OS(=O)(=O)CC)c1)C(=O)Nc1ccccc1F. The van der Waals surface area contributed by atoms with Crippen LogP contribution in [0.1, 0.15) is 32.8 Å². The van der Waals surface area contributed by atoms with Crippen molar-refractivity contribution in [3.63, 3.8) is 0 Å². The molecule has 0 aliphatic carbocycles. The van der Waals surface area contributed by atoms with Gasteiger partial charge in [-0.3, -0.25) is 0 Å². The van der Waals surface area contributed by atoms with Crippen LogP contribution in [0.2, 0.25) is 0 Å². The number of methoxy groups -OCH3 is 1. The number of urea groups is 1. The predicted octanol–water partition coefficient (Wildman–Crippen LogP) is 4.40. The average molecular weight is 439 g/mol. The fraction of sp³-hybridized carbons (Fsp3) is 0.381. The van der Waals surface area contributed by atoms with Crippen molar-refractivity contribution in [1.82, 2.24) is 4.90 Å². The van der Waals surface area contributed by atoms with Gasteiger partial charge in [0.05, 0.1) is 18.6 Å². The van der Waals surface area contributed by atoms with Gasteiger partial charge >= 0.3 is 16.1 Å². The number of hydrogen-bond donors (Lipinski definition) is 1. The summed E-state index contributed by atoms with van der Waals surface area (Å²) < 4.78 is 48.0. The number of hydrogen-bond acceptors (Lipinski definition) is 5. The molecule has 1 N–H and O–H groups in total. The van der Waals surface area contributed by atoms with Crippen molar-refractivity contribution in [2.75, 3.05) is 18.2 Å². The van der Waals surface area contributed by atoms with E-state index >= 15 is 0 Å². The van der Waals surface area contributed by atoms with Gasteiger partial charge in [-0.25, -0.2) is 9.18 Å². The van der Waals surface area contributed by atoms with Crippen LogP contribution in [0.25, 0.3) is 0 Å². The Morgan fingerprint density at radius 3 is 2.47 bits per heavy atom. The lowest BCUT2D eigenvalue weighted by atomic mass is 10.1. The Bertz CT molecular complexity index is 981. The number of anilines is 1. The second-order valence-electron chi connectivity index (χ2n) is 6.71. The topological polar surface area (TPSA) is 84.9 Å². The first kappa shape index (κ1) is 23.5. The highest BCUT2D eigenvalue weighted by atomic mass is 32.2. The number of carbonyl (C=O) groups excluding carboxylic acids is 1.